The second kappa shape index (κ2) is 5.33. The second-order valence-electron chi connectivity index (χ2n) is 5.07. The third-order valence-electron chi connectivity index (χ3n) is 2.12. The molecule has 1 amide bonds. The number of benzene rings is 1. The van der Waals surface area contributed by atoms with Gasteiger partial charge in [0, 0.05) is 6.07 Å². The largest absolute Gasteiger partial charge is 0.444 e. The summed E-state index contributed by atoms with van der Waals surface area (Å²) in [5.74, 6) is -1.36. The number of alkyl carbamates (subject to hydrolysis) is 1. The summed E-state index contributed by atoms with van der Waals surface area (Å²) >= 11 is 0. The van der Waals surface area contributed by atoms with E-state index < -0.39 is 29.4 Å². The number of amides is 1. The summed E-state index contributed by atoms with van der Waals surface area (Å²) in [5.41, 5.74) is -0.268. The van der Waals surface area contributed by atoms with E-state index in [-0.39, 0.29) is 0 Å². The van der Waals surface area contributed by atoms with Crippen molar-refractivity contribution >= 4 is 6.09 Å². The van der Waals surface area contributed by atoms with Crippen molar-refractivity contribution in [2.75, 3.05) is 0 Å². The van der Waals surface area contributed by atoms with Crippen LogP contribution in [0.5, 0.6) is 0 Å². The molecule has 0 heterocycles. The average molecular weight is 257 g/mol. The van der Waals surface area contributed by atoms with E-state index in [1.165, 1.54) is 12.1 Å². The first-order valence-corrected chi connectivity index (χ1v) is 5.63. The summed E-state index contributed by atoms with van der Waals surface area (Å²) in [7, 11) is 0. The van der Waals surface area contributed by atoms with Crippen LogP contribution < -0.4 is 5.32 Å². The Morgan fingerprint density at radius 1 is 1.22 bits per heavy atom. The molecule has 0 aliphatic carbocycles. The van der Waals surface area contributed by atoms with Gasteiger partial charge < -0.3 is 10.1 Å². The molecule has 0 aliphatic rings. The van der Waals surface area contributed by atoms with Crippen LogP contribution in [0.1, 0.15) is 39.3 Å². The van der Waals surface area contributed by atoms with Crippen molar-refractivity contribution < 1.29 is 18.3 Å². The van der Waals surface area contributed by atoms with E-state index in [0.29, 0.717) is 5.56 Å². The Morgan fingerprint density at radius 2 is 1.72 bits per heavy atom. The van der Waals surface area contributed by atoms with Crippen LogP contribution in [-0.4, -0.2) is 11.7 Å². The van der Waals surface area contributed by atoms with Crippen LogP contribution in [-0.2, 0) is 4.74 Å². The molecule has 100 valence electrons. The smallest absolute Gasteiger partial charge is 0.408 e. The Balaban J connectivity index is 2.70. The highest BCUT2D eigenvalue weighted by molar-refractivity contribution is 5.68. The van der Waals surface area contributed by atoms with Crippen molar-refractivity contribution in [1.82, 2.24) is 5.32 Å². The van der Waals surface area contributed by atoms with Gasteiger partial charge in [0.2, 0.25) is 0 Å². The molecule has 0 saturated carbocycles. The molecular weight excluding hydrogens is 240 g/mol. The number of ether oxygens (including phenoxy) is 1. The lowest BCUT2D eigenvalue weighted by molar-refractivity contribution is 0.0507. The quantitative estimate of drug-likeness (QED) is 0.879. The zero-order chi connectivity index (χ0) is 13.9. The highest BCUT2D eigenvalue weighted by Crippen LogP contribution is 2.16. The lowest BCUT2D eigenvalue weighted by Crippen LogP contribution is -2.34. The van der Waals surface area contributed by atoms with Crippen molar-refractivity contribution in [3.63, 3.8) is 0 Å². The van der Waals surface area contributed by atoms with E-state index in [9.17, 15) is 13.6 Å². The summed E-state index contributed by atoms with van der Waals surface area (Å²) in [5, 5.41) is 2.51. The van der Waals surface area contributed by atoms with Gasteiger partial charge in [-0.1, -0.05) is 0 Å². The fraction of sp³-hybridized carbons (Fsp3) is 0.462. The summed E-state index contributed by atoms with van der Waals surface area (Å²) in [4.78, 5) is 11.5. The van der Waals surface area contributed by atoms with Crippen LogP contribution in [0.2, 0.25) is 0 Å². The first kappa shape index (κ1) is 14.4. The number of nitrogens with one attached hydrogen (secondary N) is 1. The van der Waals surface area contributed by atoms with Crippen LogP contribution in [0.25, 0.3) is 0 Å². The molecule has 3 nitrogen and oxygen atoms in total. The molecule has 0 radical (unpaired) electrons. The Hall–Kier alpha value is -1.65. The van der Waals surface area contributed by atoms with Crippen LogP contribution in [0, 0.1) is 11.6 Å². The Morgan fingerprint density at radius 3 is 2.17 bits per heavy atom. The van der Waals surface area contributed by atoms with Gasteiger partial charge in [-0.3, -0.25) is 0 Å². The molecule has 1 atom stereocenters. The topological polar surface area (TPSA) is 38.3 Å². The number of halogens is 2. The zero-order valence-corrected chi connectivity index (χ0v) is 10.9. The molecule has 1 rings (SSSR count). The molecule has 0 saturated heterocycles. The maximum Gasteiger partial charge on any atom is 0.408 e. The molecule has 0 fully saturated rings. The van der Waals surface area contributed by atoms with Gasteiger partial charge in [-0.05, 0) is 45.4 Å². The Kier molecular flexibility index (Phi) is 4.27. The zero-order valence-electron chi connectivity index (χ0n) is 10.9. The summed E-state index contributed by atoms with van der Waals surface area (Å²) in [6, 6.07) is 2.59. The minimum absolute atomic E-state index is 0.346. The molecular formula is C13H17F2NO2. The van der Waals surface area contributed by atoms with Gasteiger partial charge in [0.1, 0.15) is 17.2 Å². The van der Waals surface area contributed by atoms with Crippen LogP contribution in [0.15, 0.2) is 18.2 Å². The van der Waals surface area contributed by atoms with E-state index in [4.69, 9.17) is 4.74 Å². The van der Waals surface area contributed by atoms with Gasteiger partial charge in [-0.2, -0.15) is 0 Å². The molecule has 0 aromatic heterocycles. The second-order valence-corrected chi connectivity index (χ2v) is 5.07. The average Bonchev–Trinajstić information content (AvgIpc) is 2.12. The predicted molar refractivity (Wildman–Crippen MR) is 64.1 cm³/mol. The molecule has 1 N–H and O–H groups in total. The first-order valence-electron chi connectivity index (χ1n) is 5.63. The van der Waals surface area contributed by atoms with E-state index in [0.717, 1.165) is 6.07 Å². The van der Waals surface area contributed by atoms with Gasteiger partial charge in [-0.25, -0.2) is 13.6 Å². The monoisotopic (exact) mass is 257 g/mol. The van der Waals surface area contributed by atoms with Gasteiger partial charge in [0.15, 0.2) is 0 Å². The van der Waals surface area contributed by atoms with Crippen molar-refractivity contribution in [1.29, 1.82) is 0 Å². The molecule has 0 spiro atoms. The minimum Gasteiger partial charge on any atom is -0.444 e. The number of carbonyl (C=O) groups excluding carboxylic acids is 1. The molecule has 0 aliphatic heterocycles. The van der Waals surface area contributed by atoms with Gasteiger partial charge in [-0.15, -0.1) is 0 Å². The molecule has 1 aromatic rings. The number of rotatable bonds is 2. The summed E-state index contributed by atoms with van der Waals surface area (Å²) < 4.78 is 31.1. The van der Waals surface area contributed by atoms with E-state index in [1.54, 1.807) is 27.7 Å². The fourth-order valence-electron chi connectivity index (χ4n) is 1.39. The molecule has 1 aromatic carbocycles. The molecule has 5 heteroatoms. The van der Waals surface area contributed by atoms with Gasteiger partial charge >= 0.3 is 6.09 Å². The van der Waals surface area contributed by atoms with Crippen molar-refractivity contribution in [3.8, 4) is 0 Å². The van der Waals surface area contributed by atoms with E-state index in [2.05, 4.69) is 5.32 Å². The maximum absolute atomic E-state index is 13.0. The highest BCUT2D eigenvalue weighted by Gasteiger charge is 2.18. The van der Waals surface area contributed by atoms with Crippen molar-refractivity contribution in [2.24, 2.45) is 0 Å². The SMILES string of the molecule is C[C@@H](NC(=O)OC(C)(C)C)c1cc(F)cc(F)c1. The Bertz CT molecular complexity index is 421. The number of carbonyl (C=O) groups is 1. The normalized spacial score (nSPS) is 13.0. The Labute approximate surface area is 105 Å². The number of hydrogen-bond donors (Lipinski definition) is 1. The number of hydrogen-bond acceptors (Lipinski definition) is 2. The van der Waals surface area contributed by atoms with Gasteiger partial charge in [0.05, 0.1) is 6.04 Å². The standard InChI is InChI=1S/C13H17F2NO2/c1-8(16-12(17)18-13(2,3)4)9-5-10(14)7-11(15)6-9/h5-8H,1-4H3,(H,16,17)/t8-/m1/s1. The summed E-state index contributed by atoms with van der Waals surface area (Å²) in [6.07, 6.45) is -0.625. The van der Waals surface area contributed by atoms with Crippen molar-refractivity contribution in [3.05, 3.63) is 35.4 Å². The third kappa shape index (κ3) is 4.69. The lowest BCUT2D eigenvalue weighted by atomic mass is 10.1. The fourth-order valence-corrected chi connectivity index (χ4v) is 1.39. The highest BCUT2D eigenvalue weighted by atomic mass is 19.1. The maximum atomic E-state index is 13.0. The van der Waals surface area contributed by atoms with E-state index >= 15 is 0 Å². The predicted octanol–water partition coefficient (Wildman–Crippen LogP) is 3.55. The summed E-state index contributed by atoms with van der Waals surface area (Å²) in [6.45, 7) is 6.83. The van der Waals surface area contributed by atoms with Crippen LogP contribution >= 0.6 is 0 Å². The van der Waals surface area contributed by atoms with Crippen molar-refractivity contribution in [2.45, 2.75) is 39.3 Å². The third-order valence-corrected chi connectivity index (χ3v) is 2.12. The van der Waals surface area contributed by atoms with Crippen LogP contribution in [0.4, 0.5) is 13.6 Å². The van der Waals surface area contributed by atoms with Gasteiger partial charge in [0.25, 0.3) is 0 Å². The minimum atomic E-state index is -0.678. The molecule has 18 heavy (non-hydrogen) atoms. The lowest BCUT2D eigenvalue weighted by Gasteiger charge is -2.22. The first-order chi connectivity index (χ1) is 8.17. The molecule has 0 unspecified atom stereocenters. The molecule has 0 bridgehead atoms. The van der Waals surface area contributed by atoms with Crippen LogP contribution in [0.3, 0.4) is 0 Å². The van der Waals surface area contributed by atoms with E-state index in [1.807, 2.05) is 0 Å².